The summed E-state index contributed by atoms with van der Waals surface area (Å²) in [5, 5.41) is 2.98. The third-order valence-corrected chi connectivity index (χ3v) is 5.03. The van der Waals surface area contributed by atoms with Crippen molar-refractivity contribution in [3.63, 3.8) is 0 Å². The summed E-state index contributed by atoms with van der Waals surface area (Å²) in [6.07, 6.45) is 7.47. The number of carbonyl (C=O) groups excluding carboxylic acids is 1. The Labute approximate surface area is 131 Å². The molecule has 1 N–H and O–H groups in total. The highest BCUT2D eigenvalue weighted by molar-refractivity contribution is 5.94. The van der Waals surface area contributed by atoms with Crippen LogP contribution < -0.4 is 5.32 Å². The third kappa shape index (κ3) is 3.86. The quantitative estimate of drug-likeness (QED) is 0.926. The van der Waals surface area contributed by atoms with Crippen molar-refractivity contribution in [3.8, 4) is 0 Å². The molecule has 0 atom stereocenters. The van der Waals surface area contributed by atoms with Crippen molar-refractivity contribution >= 4 is 5.91 Å². The molecule has 4 heteroatoms. The van der Waals surface area contributed by atoms with E-state index in [1.165, 1.54) is 38.3 Å². The first-order chi connectivity index (χ1) is 10.7. The van der Waals surface area contributed by atoms with Crippen LogP contribution in [0.25, 0.3) is 0 Å². The summed E-state index contributed by atoms with van der Waals surface area (Å²) < 4.78 is 13.6. The molecule has 1 amide bonds. The number of rotatable bonds is 4. The zero-order valence-electron chi connectivity index (χ0n) is 13.1. The molecule has 3 nitrogen and oxygen atoms in total. The van der Waals surface area contributed by atoms with E-state index in [-0.39, 0.29) is 17.5 Å². The molecule has 120 valence electrons. The van der Waals surface area contributed by atoms with E-state index in [0.717, 1.165) is 31.8 Å². The second kappa shape index (κ2) is 7.23. The highest BCUT2D eigenvalue weighted by Gasteiger charge is 2.24. The van der Waals surface area contributed by atoms with Crippen LogP contribution in [0.2, 0.25) is 0 Å². The minimum absolute atomic E-state index is 0.149. The van der Waals surface area contributed by atoms with Crippen molar-refractivity contribution in [2.45, 2.75) is 44.6 Å². The van der Waals surface area contributed by atoms with Crippen LogP contribution in [-0.2, 0) is 0 Å². The number of amides is 1. The van der Waals surface area contributed by atoms with Crippen LogP contribution in [0.15, 0.2) is 24.3 Å². The van der Waals surface area contributed by atoms with Gasteiger partial charge >= 0.3 is 0 Å². The van der Waals surface area contributed by atoms with E-state index in [0.29, 0.717) is 0 Å². The van der Waals surface area contributed by atoms with E-state index in [4.69, 9.17) is 0 Å². The summed E-state index contributed by atoms with van der Waals surface area (Å²) in [5.74, 6) is 0.149. The Bertz CT molecular complexity index is 506. The van der Waals surface area contributed by atoms with Gasteiger partial charge in [0.1, 0.15) is 5.82 Å². The molecule has 1 aliphatic carbocycles. The molecular weight excluding hydrogens is 279 g/mol. The average molecular weight is 304 g/mol. The SMILES string of the molecule is O=C(NC1CCN(CC2CCCC2)CC1)c1ccccc1F. The fourth-order valence-electron chi connectivity index (χ4n) is 3.73. The number of halogens is 1. The van der Waals surface area contributed by atoms with Gasteiger partial charge in [-0.15, -0.1) is 0 Å². The van der Waals surface area contributed by atoms with Crippen molar-refractivity contribution in [2.75, 3.05) is 19.6 Å². The molecule has 22 heavy (non-hydrogen) atoms. The number of hydrogen-bond acceptors (Lipinski definition) is 2. The molecule has 0 unspecified atom stereocenters. The smallest absolute Gasteiger partial charge is 0.254 e. The predicted molar refractivity (Wildman–Crippen MR) is 85.3 cm³/mol. The van der Waals surface area contributed by atoms with Crippen LogP contribution in [0.1, 0.15) is 48.9 Å². The van der Waals surface area contributed by atoms with Gasteiger partial charge in [-0.1, -0.05) is 25.0 Å². The lowest BCUT2D eigenvalue weighted by molar-refractivity contribution is 0.0901. The zero-order valence-corrected chi connectivity index (χ0v) is 13.1. The van der Waals surface area contributed by atoms with Gasteiger partial charge in [0.15, 0.2) is 0 Å². The minimum Gasteiger partial charge on any atom is -0.349 e. The molecule has 2 aliphatic rings. The maximum Gasteiger partial charge on any atom is 0.254 e. The number of likely N-dealkylation sites (tertiary alicyclic amines) is 1. The number of hydrogen-bond donors (Lipinski definition) is 1. The van der Waals surface area contributed by atoms with Gasteiger partial charge in [-0.05, 0) is 43.7 Å². The first-order valence-corrected chi connectivity index (χ1v) is 8.50. The van der Waals surface area contributed by atoms with Gasteiger partial charge < -0.3 is 10.2 Å². The Balaban J connectivity index is 1.45. The van der Waals surface area contributed by atoms with Crippen LogP contribution in [0.4, 0.5) is 4.39 Å². The lowest BCUT2D eigenvalue weighted by Gasteiger charge is -2.33. The zero-order chi connectivity index (χ0) is 15.4. The molecule has 2 fully saturated rings. The number of piperidine rings is 1. The van der Waals surface area contributed by atoms with Gasteiger partial charge in [-0.3, -0.25) is 4.79 Å². The lowest BCUT2D eigenvalue weighted by Crippen LogP contribution is -2.45. The van der Waals surface area contributed by atoms with Gasteiger partial charge in [0, 0.05) is 25.7 Å². The standard InChI is InChI=1S/C18H25FN2O/c19-17-8-4-3-7-16(17)18(22)20-15-9-11-21(12-10-15)13-14-5-1-2-6-14/h3-4,7-8,14-15H,1-2,5-6,9-13H2,(H,20,22). The first kappa shape index (κ1) is 15.5. The largest absolute Gasteiger partial charge is 0.349 e. The van der Waals surface area contributed by atoms with Crippen LogP contribution in [-0.4, -0.2) is 36.5 Å². The highest BCUT2D eigenvalue weighted by atomic mass is 19.1. The molecular formula is C18H25FN2O. The summed E-state index contributed by atoms with van der Waals surface area (Å²) in [6.45, 7) is 3.30. The minimum atomic E-state index is -0.446. The van der Waals surface area contributed by atoms with Crippen LogP contribution >= 0.6 is 0 Å². The third-order valence-electron chi connectivity index (χ3n) is 5.03. The van der Waals surface area contributed by atoms with E-state index >= 15 is 0 Å². The number of nitrogens with zero attached hydrogens (tertiary/aromatic N) is 1. The normalized spacial score (nSPS) is 21.1. The molecule has 1 aromatic carbocycles. The van der Waals surface area contributed by atoms with Crippen molar-refractivity contribution < 1.29 is 9.18 Å². The maximum atomic E-state index is 13.6. The molecule has 0 bridgehead atoms. The van der Waals surface area contributed by atoms with E-state index in [1.807, 2.05) is 0 Å². The molecule has 0 radical (unpaired) electrons. The second-order valence-corrected chi connectivity index (χ2v) is 6.68. The topological polar surface area (TPSA) is 32.3 Å². The Morgan fingerprint density at radius 1 is 1.14 bits per heavy atom. The summed E-state index contributed by atoms with van der Waals surface area (Å²) in [5.41, 5.74) is 0.149. The summed E-state index contributed by atoms with van der Waals surface area (Å²) in [6, 6.07) is 6.35. The highest BCUT2D eigenvalue weighted by Crippen LogP contribution is 2.26. The lowest BCUT2D eigenvalue weighted by atomic mass is 10.0. The molecule has 0 spiro atoms. The predicted octanol–water partition coefficient (Wildman–Crippen LogP) is 3.21. The fourth-order valence-corrected chi connectivity index (χ4v) is 3.73. The van der Waals surface area contributed by atoms with Crippen LogP contribution in [0.3, 0.4) is 0 Å². The van der Waals surface area contributed by atoms with Gasteiger partial charge in [-0.25, -0.2) is 4.39 Å². The van der Waals surface area contributed by atoms with E-state index in [9.17, 15) is 9.18 Å². The first-order valence-electron chi connectivity index (χ1n) is 8.50. The Morgan fingerprint density at radius 3 is 2.50 bits per heavy atom. The van der Waals surface area contributed by atoms with E-state index in [2.05, 4.69) is 10.2 Å². The van der Waals surface area contributed by atoms with Crippen LogP contribution in [0.5, 0.6) is 0 Å². The number of benzene rings is 1. The monoisotopic (exact) mass is 304 g/mol. The number of nitrogens with one attached hydrogen (secondary N) is 1. The number of carbonyl (C=O) groups is 1. The molecule has 3 rings (SSSR count). The van der Waals surface area contributed by atoms with Crippen molar-refractivity contribution in [1.82, 2.24) is 10.2 Å². The molecule has 1 saturated heterocycles. The van der Waals surface area contributed by atoms with E-state index < -0.39 is 5.82 Å². The molecule has 1 aromatic rings. The Morgan fingerprint density at radius 2 is 1.82 bits per heavy atom. The second-order valence-electron chi connectivity index (χ2n) is 6.68. The van der Waals surface area contributed by atoms with Crippen molar-refractivity contribution in [1.29, 1.82) is 0 Å². The Kier molecular flexibility index (Phi) is 5.08. The summed E-state index contributed by atoms with van der Waals surface area (Å²) in [4.78, 5) is 14.7. The van der Waals surface area contributed by atoms with Crippen molar-refractivity contribution in [2.24, 2.45) is 5.92 Å². The average Bonchev–Trinajstić information content (AvgIpc) is 3.02. The molecule has 1 saturated carbocycles. The fraction of sp³-hybridized carbons (Fsp3) is 0.611. The van der Waals surface area contributed by atoms with Gasteiger partial charge in [0.2, 0.25) is 0 Å². The maximum absolute atomic E-state index is 13.6. The summed E-state index contributed by atoms with van der Waals surface area (Å²) in [7, 11) is 0. The van der Waals surface area contributed by atoms with Gasteiger partial charge in [0.25, 0.3) is 5.91 Å². The molecule has 1 heterocycles. The Hall–Kier alpha value is -1.42. The summed E-state index contributed by atoms with van der Waals surface area (Å²) >= 11 is 0. The van der Waals surface area contributed by atoms with Gasteiger partial charge in [-0.2, -0.15) is 0 Å². The van der Waals surface area contributed by atoms with E-state index in [1.54, 1.807) is 18.2 Å². The molecule has 1 aliphatic heterocycles. The van der Waals surface area contributed by atoms with Gasteiger partial charge in [0.05, 0.1) is 5.56 Å². The molecule has 0 aromatic heterocycles. The van der Waals surface area contributed by atoms with Crippen LogP contribution in [0, 0.1) is 11.7 Å². The van der Waals surface area contributed by atoms with Crippen molar-refractivity contribution in [3.05, 3.63) is 35.6 Å².